The molecule has 2 fully saturated rings. The summed E-state index contributed by atoms with van der Waals surface area (Å²) in [5, 5.41) is 11.5. The minimum Gasteiger partial charge on any atom is -0.326 e. The second-order valence-corrected chi connectivity index (χ2v) is 9.08. The van der Waals surface area contributed by atoms with E-state index in [1.165, 1.54) is 0 Å². The Balaban J connectivity index is 1.28. The highest BCUT2D eigenvalue weighted by Gasteiger charge is 2.30. The number of benzene rings is 2. The van der Waals surface area contributed by atoms with Crippen LogP contribution in [0.2, 0.25) is 0 Å². The van der Waals surface area contributed by atoms with E-state index in [1.54, 1.807) is 24.3 Å². The molecule has 0 heterocycles. The van der Waals surface area contributed by atoms with Crippen molar-refractivity contribution >= 4 is 46.4 Å². The summed E-state index contributed by atoms with van der Waals surface area (Å²) in [6, 6.07) is 10.7. The summed E-state index contributed by atoms with van der Waals surface area (Å²) < 4.78 is 0. The monoisotopic (exact) mass is 462 g/mol. The lowest BCUT2D eigenvalue weighted by Gasteiger charge is -2.14. The second-order valence-electron chi connectivity index (χ2n) is 9.08. The van der Waals surface area contributed by atoms with E-state index in [4.69, 9.17) is 0 Å². The standard InChI is InChI=1S/C26H30N4O4/c1-15-19(5-3-7-21(15)29-25(33)17-9-10-17)27-23(31)13-14-24(32)28-20-6-4-8-22(16(20)2)30-26(34)18-11-12-18/h3-8,17-18H,9-14H2,1-2H3,(H,27,31)(H,28,32)(H,29,33)(H,30,34). The van der Waals surface area contributed by atoms with Crippen LogP contribution in [0.4, 0.5) is 22.7 Å². The summed E-state index contributed by atoms with van der Waals surface area (Å²) in [5.41, 5.74) is 4.11. The molecule has 0 spiro atoms. The van der Waals surface area contributed by atoms with E-state index in [9.17, 15) is 19.2 Å². The summed E-state index contributed by atoms with van der Waals surface area (Å²) in [6.45, 7) is 3.67. The zero-order valence-electron chi connectivity index (χ0n) is 19.5. The topological polar surface area (TPSA) is 116 Å². The van der Waals surface area contributed by atoms with Gasteiger partial charge in [-0.05, 0) is 74.9 Å². The van der Waals surface area contributed by atoms with Gasteiger partial charge in [0.05, 0.1) is 0 Å². The summed E-state index contributed by atoms with van der Waals surface area (Å²) >= 11 is 0. The molecule has 4 amide bonds. The third-order valence-corrected chi connectivity index (χ3v) is 6.21. The van der Waals surface area contributed by atoms with Crippen LogP contribution in [-0.2, 0) is 19.2 Å². The Bertz CT molecular complexity index is 1050. The van der Waals surface area contributed by atoms with Crippen molar-refractivity contribution in [3.63, 3.8) is 0 Å². The van der Waals surface area contributed by atoms with Crippen LogP contribution in [0.25, 0.3) is 0 Å². The molecular weight excluding hydrogens is 432 g/mol. The van der Waals surface area contributed by atoms with Gasteiger partial charge >= 0.3 is 0 Å². The van der Waals surface area contributed by atoms with Gasteiger partial charge in [0.15, 0.2) is 0 Å². The van der Waals surface area contributed by atoms with Crippen molar-refractivity contribution in [3.8, 4) is 0 Å². The van der Waals surface area contributed by atoms with E-state index in [0.717, 1.165) is 36.8 Å². The van der Waals surface area contributed by atoms with Gasteiger partial charge in [-0.1, -0.05) is 12.1 Å². The average Bonchev–Trinajstić information content (AvgIpc) is 3.70. The Morgan fingerprint density at radius 3 is 1.26 bits per heavy atom. The summed E-state index contributed by atoms with van der Waals surface area (Å²) in [6.07, 6.45) is 3.71. The molecule has 0 bridgehead atoms. The van der Waals surface area contributed by atoms with Gasteiger partial charge in [0.2, 0.25) is 23.6 Å². The molecule has 2 aromatic carbocycles. The van der Waals surface area contributed by atoms with Gasteiger partial charge in [-0.25, -0.2) is 0 Å². The summed E-state index contributed by atoms with van der Waals surface area (Å²) in [5.74, 6) is -0.369. The number of carbonyl (C=O) groups excluding carboxylic acids is 4. The van der Waals surface area contributed by atoms with Crippen molar-refractivity contribution in [2.24, 2.45) is 11.8 Å². The smallest absolute Gasteiger partial charge is 0.227 e. The fraction of sp³-hybridized carbons (Fsp3) is 0.385. The third kappa shape index (κ3) is 6.01. The molecule has 0 radical (unpaired) electrons. The molecule has 2 aliphatic carbocycles. The molecule has 0 aliphatic heterocycles. The van der Waals surface area contributed by atoms with Crippen molar-refractivity contribution < 1.29 is 19.2 Å². The van der Waals surface area contributed by atoms with Crippen molar-refractivity contribution in [1.82, 2.24) is 0 Å². The largest absolute Gasteiger partial charge is 0.326 e. The van der Waals surface area contributed by atoms with E-state index in [0.29, 0.717) is 22.7 Å². The number of nitrogens with one attached hydrogen (secondary N) is 4. The minimum atomic E-state index is -0.286. The quantitative estimate of drug-likeness (QED) is 0.443. The molecular formula is C26H30N4O4. The third-order valence-electron chi connectivity index (χ3n) is 6.21. The molecule has 34 heavy (non-hydrogen) atoms. The van der Waals surface area contributed by atoms with Gasteiger partial charge < -0.3 is 21.3 Å². The molecule has 0 saturated heterocycles. The fourth-order valence-electron chi connectivity index (χ4n) is 3.63. The highest BCUT2D eigenvalue weighted by atomic mass is 16.2. The lowest BCUT2D eigenvalue weighted by atomic mass is 10.1. The van der Waals surface area contributed by atoms with Gasteiger partial charge in [-0.15, -0.1) is 0 Å². The first-order chi connectivity index (χ1) is 16.3. The molecule has 0 aromatic heterocycles. The van der Waals surface area contributed by atoms with Gasteiger partial charge in [-0.2, -0.15) is 0 Å². The Kier molecular flexibility index (Phi) is 6.95. The van der Waals surface area contributed by atoms with Crippen LogP contribution in [0.15, 0.2) is 36.4 Å². The first kappa shape index (κ1) is 23.5. The first-order valence-electron chi connectivity index (χ1n) is 11.7. The SMILES string of the molecule is Cc1c(NC(=O)CCC(=O)Nc2cccc(NC(=O)C3CC3)c2C)cccc1NC(=O)C1CC1. The number of amides is 4. The number of carbonyl (C=O) groups is 4. The Morgan fingerprint density at radius 1 is 0.618 bits per heavy atom. The first-order valence-corrected chi connectivity index (χ1v) is 11.7. The molecule has 2 saturated carbocycles. The minimum absolute atomic E-state index is 0.00900. The van der Waals surface area contributed by atoms with Gasteiger partial charge in [0, 0.05) is 47.4 Å². The van der Waals surface area contributed by atoms with Crippen LogP contribution >= 0.6 is 0 Å². The van der Waals surface area contributed by atoms with Crippen LogP contribution in [0.5, 0.6) is 0 Å². The zero-order chi connectivity index (χ0) is 24.2. The zero-order valence-corrected chi connectivity index (χ0v) is 19.5. The normalized spacial score (nSPS) is 14.8. The molecule has 4 rings (SSSR count). The molecule has 8 nitrogen and oxygen atoms in total. The number of anilines is 4. The molecule has 2 aliphatic rings. The van der Waals surface area contributed by atoms with Crippen LogP contribution in [0.3, 0.4) is 0 Å². The molecule has 178 valence electrons. The van der Waals surface area contributed by atoms with Crippen molar-refractivity contribution in [3.05, 3.63) is 47.5 Å². The van der Waals surface area contributed by atoms with E-state index in [-0.39, 0.29) is 48.3 Å². The summed E-state index contributed by atoms with van der Waals surface area (Å²) in [7, 11) is 0. The number of hydrogen-bond acceptors (Lipinski definition) is 4. The Labute approximate surface area is 198 Å². The van der Waals surface area contributed by atoms with Crippen LogP contribution in [0.1, 0.15) is 49.7 Å². The van der Waals surface area contributed by atoms with Crippen LogP contribution in [-0.4, -0.2) is 23.6 Å². The van der Waals surface area contributed by atoms with E-state index in [2.05, 4.69) is 21.3 Å². The van der Waals surface area contributed by atoms with Crippen LogP contribution in [0, 0.1) is 25.7 Å². The number of hydrogen-bond donors (Lipinski definition) is 4. The van der Waals surface area contributed by atoms with E-state index >= 15 is 0 Å². The van der Waals surface area contributed by atoms with Crippen LogP contribution < -0.4 is 21.3 Å². The number of rotatable bonds is 9. The van der Waals surface area contributed by atoms with Gasteiger partial charge in [0.25, 0.3) is 0 Å². The molecule has 0 atom stereocenters. The van der Waals surface area contributed by atoms with E-state index in [1.807, 2.05) is 26.0 Å². The molecule has 8 heteroatoms. The maximum absolute atomic E-state index is 12.5. The molecule has 0 unspecified atom stereocenters. The van der Waals surface area contributed by atoms with Crippen molar-refractivity contribution in [2.75, 3.05) is 21.3 Å². The molecule has 4 N–H and O–H groups in total. The predicted octanol–water partition coefficient (Wildman–Crippen LogP) is 4.36. The highest BCUT2D eigenvalue weighted by Crippen LogP contribution is 2.33. The Hall–Kier alpha value is -3.68. The van der Waals surface area contributed by atoms with Crippen molar-refractivity contribution in [1.29, 1.82) is 0 Å². The lowest BCUT2D eigenvalue weighted by molar-refractivity contribution is -0.121. The Morgan fingerprint density at radius 2 is 0.941 bits per heavy atom. The summed E-state index contributed by atoms with van der Waals surface area (Å²) in [4.78, 5) is 49.0. The van der Waals surface area contributed by atoms with Gasteiger partial charge in [-0.3, -0.25) is 19.2 Å². The molecule has 2 aromatic rings. The highest BCUT2D eigenvalue weighted by molar-refractivity contribution is 6.00. The maximum atomic E-state index is 12.5. The average molecular weight is 463 g/mol. The lowest BCUT2D eigenvalue weighted by Crippen LogP contribution is -2.19. The fourth-order valence-corrected chi connectivity index (χ4v) is 3.63. The second kappa shape index (κ2) is 10.1. The maximum Gasteiger partial charge on any atom is 0.227 e. The van der Waals surface area contributed by atoms with Gasteiger partial charge in [0.1, 0.15) is 0 Å². The van der Waals surface area contributed by atoms with Crippen molar-refractivity contribution in [2.45, 2.75) is 52.4 Å². The predicted molar refractivity (Wildman–Crippen MR) is 132 cm³/mol. The van der Waals surface area contributed by atoms with E-state index < -0.39 is 0 Å².